The van der Waals surface area contributed by atoms with Crippen molar-refractivity contribution >= 4 is 11.7 Å². The van der Waals surface area contributed by atoms with E-state index in [9.17, 15) is 4.79 Å². The number of para-hydroxylation sites is 1. The summed E-state index contributed by atoms with van der Waals surface area (Å²) in [6, 6.07) is 15.0. The maximum atomic E-state index is 12.0. The molecule has 1 atom stereocenters. The van der Waals surface area contributed by atoms with Crippen LogP contribution in [0.15, 0.2) is 48.5 Å². The zero-order valence-electron chi connectivity index (χ0n) is 14.2. The first-order valence-electron chi connectivity index (χ1n) is 7.87. The lowest BCUT2D eigenvalue weighted by Gasteiger charge is -2.22. The summed E-state index contributed by atoms with van der Waals surface area (Å²) >= 11 is 0. The predicted octanol–water partition coefficient (Wildman–Crippen LogP) is 3.81. The lowest BCUT2D eigenvalue weighted by Crippen LogP contribution is -2.18. The molecule has 5 heteroatoms. The van der Waals surface area contributed by atoms with E-state index in [0.717, 1.165) is 11.3 Å². The molecule has 128 valence electrons. The second-order valence-electron chi connectivity index (χ2n) is 5.18. The molecule has 2 aromatic rings. The van der Waals surface area contributed by atoms with Gasteiger partial charge in [0.15, 0.2) is 0 Å². The summed E-state index contributed by atoms with van der Waals surface area (Å²) in [7, 11) is 3.20. The van der Waals surface area contributed by atoms with Gasteiger partial charge in [0.05, 0.1) is 33.3 Å². The molecule has 0 saturated heterocycles. The monoisotopic (exact) mass is 329 g/mol. The number of nitrogens with one attached hydrogen (secondary N) is 1. The number of carbonyl (C=O) groups excluding carboxylic acids is 1. The lowest BCUT2D eigenvalue weighted by atomic mass is 10.0. The minimum Gasteiger partial charge on any atom is -0.497 e. The van der Waals surface area contributed by atoms with E-state index in [4.69, 9.17) is 14.2 Å². The van der Waals surface area contributed by atoms with Gasteiger partial charge in [-0.25, -0.2) is 0 Å². The molecular formula is C19H23NO4. The van der Waals surface area contributed by atoms with Gasteiger partial charge in [-0.15, -0.1) is 0 Å². The number of benzene rings is 2. The van der Waals surface area contributed by atoms with Gasteiger partial charge in [-0.3, -0.25) is 4.79 Å². The summed E-state index contributed by atoms with van der Waals surface area (Å²) in [5.74, 6) is 1.10. The first-order chi connectivity index (χ1) is 11.7. The van der Waals surface area contributed by atoms with Crippen LogP contribution in [0.4, 0.5) is 5.69 Å². The molecule has 0 spiro atoms. The van der Waals surface area contributed by atoms with Crippen molar-refractivity contribution in [1.29, 1.82) is 0 Å². The molecule has 2 rings (SSSR count). The molecule has 0 aliphatic heterocycles. The van der Waals surface area contributed by atoms with E-state index in [0.29, 0.717) is 18.1 Å². The Morgan fingerprint density at radius 1 is 1.08 bits per heavy atom. The van der Waals surface area contributed by atoms with Crippen molar-refractivity contribution in [3.63, 3.8) is 0 Å². The predicted molar refractivity (Wildman–Crippen MR) is 93.6 cm³/mol. The van der Waals surface area contributed by atoms with Crippen molar-refractivity contribution in [3.05, 3.63) is 54.1 Å². The fraction of sp³-hybridized carbons (Fsp3) is 0.316. The second kappa shape index (κ2) is 8.82. The van der Waals surface area contributed by atoms with Gasteiger partial charge < -0.3 is 19.5 Å². The van der Waals surface area contributed by atoms with Crippen LogP contribution in [0, 0.1) is 0 Å². The molecule has 0 heterocycles. The lowest BCUT2D eigenvalue weighted by molar-refractivity contribution is -0.143. The smallest absolute Gasteiger partial charge is 0.308 e. The van der Waals surface area contributed by atoms with E-state index in [1.54, 1.807) is 27.2 Å². The average Bonchev–Trinajstić information content (AvgIpc) is 2.61. The first kappa shape index (κ1) is 17.7. The summed E-state index contributed by atoms with van der Waals surface area (Å²) in [6.07, 6.45) is 0.200. The summed E-state index contributed by atoms with van der Waals surface area (Å²) in [5, 5.41) is 3.38. The fourth-order valence-corrected chi connectivity index (χ4v) is 2.47. The van der Waals surface area contributed by atoms with Crippen molar-refractivity contribution in [3.8, 4) is 11.5 Å². The Bertz CT molecular complexity index is 658. The molecule has 0 radical (unpaired) electrons. The van der Waals surface area contributed by atoms with Crippen LogP contribution in [0.25, 0.3) is 0 Å². The molecule has 0 aliphatic rings. The van der Waals surface area contributed by atoms with Gasteiger partial charge >= 0.3 is 5.97 Å². The molecule has 2 aromatic carbocycles. The minimum atomic E-state index is -0.271. The number of carbonyl (C=O) groups is 1. The highest BCUT2D eigenvalue weighted by molar-refractivity contribution is 5.71. The standard InChI is InChI=1S/C19H23NO4/c1-4-24-19(21)13-17(20-14-8-6-5-7-9-14)16-11-10-15(22-2)12-18(16)23-3/h5-12,17,20H,4,13H2,1-3H3. The van der Waals surface area contributed by atoms with Crippen molar-refractivity contribution in [2.45, 2.75) is 19.4 Å². The summed E-state index contributed by atoms with van der Waals surface area (Å²) in [4.78, 5) is 12.0. The molecule has 1 unspecified atom stereocenters. The summed E-state index contributed by atoms with van der Waals surface area (Å²) in [6.45, 7) is 2.15. The summed E-state index contributed by atoms with van der Waals surface area (Å²) < 4.78 is 15.8. The topological polar surface area (TPSA) is 56.8 Å². The van der Waals surface area contributed by atoms with Gasteiger partial charge in [0, 0.05) is 17.3 Å². The second-order valence-corrected chi connectivity index (χ2v) is 5.18. The van der Waals surface area contributed by atoms with Gasteiger partial charge in [-0.2, -0.15) is 0 Å². The van der Waals surface area contributed by atoms with E-state index in [2.05, 4.69) is 5.32 Å². The molecule has 0 aromatic heterocycles. The highest BCUT2D eigenvalue weighted by Crippen LogP contribution is 2.33. The van der Waals surface area contributed by atoms with Crippen LogP contribution in [-0.4, -0.2) is 26.8 Å². The number of hydrogen-bond donors (Lipinski definition) is 1. The normalized spacial score (nSPS) is 11.5. The Morgan fingerprint density at radius 2 is 1.83 bits per heavy atom. The van der Waals surface area contributed by atoms with Gasteiger partial charge in [-0.1, -0.05) is 18.2 Å². The first-order valence-corrected chi connectivity index (χ1v) is 7.87. The van der Waals surface area contributed by atoms with E-state index in [-0.39, 0.29) is 18.4 Å². The highest BCUT2D eigenvalue weighted by atomic mass is 16.5. The third-order valence-corrected chi connectivity index (χ3v) is 3.61. The molecule has 0 fully saturated rings. The maximum Gasteiger partial charge on any atom is 0.308 e. The third-order valence-electron chi connectivity index (χ3n) is 3.61. The van der Waals surface area contributed by atoms with Crippen LogP contribution < -0.4 is 14.8 Å². The Hall–Kier alpha value is -2.69. The minimum absolute atomic E-state index is 0.200. The zero-order chi connectivity index (χ0) is 17.4. The van der Waals surface area contributed by atoms with Crippen molar-refractivity contribution < 1.29 is 19.0 Å². The molecule has 0 aliphatic carbocycles. The van der Waals surface area contributed by atoms with Crippen LogP contribution in [0.1, 0.15) is 24.9 Å². The molecular weight excluding hydrogens is 306 g/mol. The quantitative estimate of drug-likeness (QED) is 0.746. The van der Waals surface area contributed by atoms with Crippen LogP contribution in [-0.2, 0) is 9.53 Å². The van der Waals surface area contributed by atoms with Gasteiger partial charge in [0.2, 0.25) is 0 Å². The van der Waals surface area contributed by atoms with Crippen LogP contribution in [0.5, 0.6) is 11.5 Å². The average molecular weight is 329 g/mol. The third kappa shape index (κ3) is 4.65. The van der Waals surface area contributed by atoms with Crippen molar-refractivity contribution in [2.75, 3.05) is 26.1 Å². The molecule has 0 saturated carbocycles. The SMILES string of the molecule is CCOC(=O)CC(Nc1ccccc1)c1ccc(OC)cc1OC. The number of esters is 1. The number of anilines is 1. The number of ether oxygens (including phenoxy) is 3. The molecule has 24 heavy (non-hydrogen) atoms. The fourth-order valence-electron chi connectivity index (χ4n) is 2.47. The van der Waals surface area contributed by atoms with Crippen molar-refractivity contribution in [2.24, 2.45) is 0 Å². The maximum absolute atomic E-state index is 12.0. The molecule has 0 amide bonds. The van der Waals surface area contributed by atoms with Crippen LogP contribution in [0.3, 0.4) is 0 Å². The zero-order valence-corrected chi connectivity index (χ0v) is 14.2. The number of rotatable bonds is 8. The van der Waals surface area contributed by atoms with E-state index in [1.807, 2.05) is 42.5 Å². The Balaban J connectivity index is 2.32. The largest absolute Gasteiger partial charge is 0.497 e. The van der Waals surface area contributed by atoms with Gasteiger partial charge in [0.25, 0.3) is 0 Å². The highest BCUT2D eigenvalue weighted by Gasteiger charge is 2.21. The molecule has 5 nitrogen and oxygen atoms in total. The Morgan fingerprint density at radius 3 is 2.46 bits per heavy atom. The van der Waals surface area contributed by atoms with E-state index >= 15 is 0 Å². The number of methoxy groups -OCH3 is 2. The molecule has 1 N–H and O–H groups in total. The van der Waals surface area contributed by atoms with Gasteiger partial charge in [0.1, 0.15) is 11.5 Å². The summed E-state index contributed by atoms with van der Waals surface area (Å²) in [5.41, 5.74) is 1.79. The van der Waals surface area contributed by atoms with Crippen LogP contribution >= 0.6 is 0 Å². The Kier molecular flexibility index (Phi) is 6.49. The molecule has 0 bridgehead atoms. The number of hydrogen-bond acceptors (Lipinski definition) is 5. The van der Waals surface area contributed by atoms with Gasteiger partial charge in [-0.05, 0) is 31.2 Å². The van der Waals surface area contributed by atoms with E-state index < -0.39 is 0 Å². The van der Waals surface area contributed by atoms with Crippen molar-refractivity contribution in [1.82, 2.24) is 0 Å². The van der Waals surface area contributed by atoms with E-state index in [1.165, 1.54) is 0 Å². The Labute approximate surface area is 142 Å². The van der Waals surface area contributed by atoms with Crippen LogP contribution in [0.2, 0.25) is 0 Å².